The van der Waals surface area contributed by atoms with Gasteiger partial charge in [-0.2, -0.15) is 0 Å². The van der Waals surface area contributed by atoms with Gasteiger partial charge in [-0.25, -0.2) is 0 Å². The van der Waals surface area contributed by atoms with Gasteiger partial charge in [0, 0.05) is 11.1 Å². The summed E-state index contributed by atoms with van der Waals surface area (Å²) in [5.41, 5.74) is 5.27. The fourth-order valence-corrected chi connectivity index (χ4v) is 2.54. The van der Waals surface area contributed by atoms with Gasteiger partial charge in [0.1, 0.15) is 0 Å². The number of hydrogen-bond donors (Lipinski definition) is 0. The van der Waals surface area contributed by atoms with Gasteiger partial charge in [-0.1, -0.05) is 48.5 Å². The smallest absolute Gasteiger partial charge is 0.0618 e. The zero-order valence-electron chi connectivity index (χ0n) is 8.83. The Morgan fingerprint density at radius 2 is 1.20 bits per heavy atom. The molecule has 0 heteroatoms. The van der Waals surface area contributed by atoms with E-state index in [0.29, 0.717) is 0 Å². The van der Waals surface area contributed by atoms with Crippen molar-refractivity contribution in [1.29, 1.82) is 0 Å². The first-order valence-electron chi connectivity index (χ1n) is 5.26. The molecule has 15 heavy (non-hydrogen) atoms. The molecule has 1 aliphatic rings. The van der Waals surface area contributed by atoms with E-state index in [4.69, 9.17) is 0 Å². The van der Waals surface area contributed by atoms with Gasteiger partial charge in [0.15, 0.2) is 5.41 Å². The highest BCUT2D eigenvalue weighted by atomic mass is 14.4. The van der Waals surface area contributed by atoms with Gasteiger partial charge in [0.2, 0.25) is 0 Å². The molecule has 0 heterocycles. The van der Waals surface area contributed by atoms with E-state index < -0.39 is 0 Å². The SMILES string of the molecule is [CH2+]C1(C)c2ccccc2-c2ccccc21. The minimum Gasteiger partial charge on any atom is -0.0618 e. The largest absolute Gasteiger partial charge is 0.154 e. The summed E-state index contributed by atoms with van der Waals surface area (Å²) in [4.78, 5) is 0. The Kier molecular flexibility index (Phi) is 1.53. The summed E-state index contributed by atoms with van der Waals surface area (Å²) in [5.74, 6) is 0. The lowest BCUT2D eigenvalue weighted by Crippen LogP contribution is -2.15. The fourth-order valence-electron chi connectivity index (χ4n) is 2.54. The average Bonchev–Trinajstić information content (AvgIpc) is 2.51. The molecule has 3 rings (SSSR count). The summed E-state index contributed by atoms with van der Waals surface area (Å²) in [7, 11) is 0. The molecule has 0 saturated carbocycles. The van der Waals surface area contributed by atoms with Crippen molar-refractivity contribution in [3.63, 3.8) is 0 Å². The van der Waals surface area contributed by atoms with Gasteiger partial charge >= 0.3 is 0 Å². The van der Waals surface area contributed by atoms with Crippen molar-refractivity contribution in [2.75, 3.05) is 0 Å². The topological polar surface area (TPSA) is 0 Å². The van der Waals surface area contributed by atoms with Gasteiger partial charge in [-0.15, -0.1) is 0 Å². The van der Waals surface area contributed by atoms with Gasteiger partial charge in [-0.3, -0.25) is 0 Å². The number of fused-ring (bicyclic) bond motifs is 3. The Balaban J connectivity index is 2.42. The molecule has 0 atom stereocenters. The second-order valence-electron chi connectivity index (χ2n) is 4.42. The van der Waals surface area contributed by atoms with E-state index in [9.17, 15) is 0 Å². The second kappa shape index (κ2) is 2.66. The fraction of sp³-hybridized carbons (Fsp3) is 0.133. The molecule has 0 fully saturated rings. The van der Waals surface area contributed by atoms with Crippen LogP contribution in [0.5, 0.6) is 0 Å². The summed E-state index contributed by atoms with van der Waals surface area (Å²) in [6.45, 7) is 6.54. The molecule has 0 unspecified atom stereocenters. The van der Waals surface area contributed by atoms with Crippen molar-refractivity contribution in [2.24, 2.45) is 0 Å². The highest BCUT2D eigenvalue weighted by Gasteiger charge is 2.40. The van der Waals surface area contributed by atoms with Crippen LogP contribution in [0.1, 0.15) is 18.1 Å². The van der Waals surface area contributed by atoms with Gasteiger partial charge in [0.25, 0.3) is 0 Å². The van der Waals surface area contributed by atoms with E-state index in [1.807, 2.05) is 0 Å². The predicted octanol–water partition coefficient (Wildman–Crippen LogP) is 3.81. The third-order valence-corrected chi connectivity index (χ3v) is 3.33. The molecule has 72 valence electrons. The summed E-state index contributed by atoms with van der Waals surface area (Å²) in [6.07, 6.45) is 0. The first-order valence-corrected chi connectivity index (χ1v) is 5.26. The Labute approximate surface area is 90.6 Å². The Morgan fingerprint density at radius 1 is 0.800 bits per heavy atom. The molecule has 0 N–H and O–H groups in total. The minimum absolute atomic E-state index is 0.0901. The minimum atomic E-state index is -0.0901. The van der Waals surface area contributed by atoms with E-state index in [0.717, 1.165) is 0 Å². The van der Waals surface area contributed by atoms with Crippen LogP contribution in [0.2, 0.25) is 0 Å². The summed E-state index contributed by atoms with van der Waals surface area (Å²) in [6, 6.07) is 17.1. The molecule has 1 aliphatic carbocycles. The molecule has 0 aromatic heterocycles. The van der Waals surface area contributed by atoms with Crippen LogP contribution >= 0.6 is 0 Å². The standard InChI is InChI=1S/C15H13/c1-15(2)13-9-5-3-7-11(13)12-8-4-6-10-14(12)15/h3-10H,1H2,2H3/q+1. The first kappa shape index (κ1) is 8.60. The van der Waals surface area contributed by atoms with Gasteiger partial charge in [0.05, 0.1) is 6.92 Å². The van der Waals surface area contributed by atoms with Crippen molar-refractivity contribution in [3.05, 3.63) is 66.6 Å². The summed E-state index contributed by atoms with van der Waals surface area (Å²) >= 11 is 0. The van der Waals surface area contributed by atoms with Crippen molar-refractivity contribution in [3.8, 4) is 11.1 Å². The van der Waals surface area contributed by atoms with E-state index in [1.165, 1.54) is 22.3 Å². The molecule has 2 aromatic carbocycles. The molecule has 0 saturated heterocycles. The van der Waals surface area contributed by atoms with Crippen LogP contribution in [0.3, 0.4) is 0 Å². The lowest BCUT2D eigenvalue weighted by atomic mass is 9.82. The quantitative estimate of drug-likeness (QED) is 0.558. The molecular weight excluding hydrogens is 180 g/mol. The Morgan fingerprint density at radius 3 is 1.67 bits per heavy atom. The molecule has 0 aliphatic heterocycles. The molecule has 0 nitrogen and oxygen atoms in total. The maximum Gasteiger partial charge on any atom is 0.154 e. The monoisotopic (exact) mass is 193 g/mol. The molecule has 0 radical (unpaired) electrons. The van der Waals surface area contributed by atoms with E-state index in [2.05, 4.69) is 62.4 Å². The van der Waals surface area contributed by atoms with E-state index >= 15 is 0 Å². The molecule has 2 aromatic rings. The highest BCUT2D eigenvalue weighted by Crippen LogP contribution is 2.47. The summed E-state index contributed by atoms with van der Waals surface area (Å²) in [5, 5.41) is 0. The zero-order valence-corrected chi connectivity index (χ0v) is 8.83. The normalized spacial score (nSPS) is 15.8. The molecule has 0 bridgehead atoms. The number of benzene rings is 2. The van der Waals surface area contributed by atoms with Crippen LogP contribution in [0.15, 0.2) is 48.5 Å². The first-order chi connectivity index (χ1) is 7.21. The van der Waals surface area contributed by atoms with Crippen LogP contribution in [0.25, 0.3) is 11.1 Å². The van der Waals surface area contributed by atoms with E-state index in [-0.39, 0.29) is 5.41 Å². The maximum atomic E-state index is 4.35. The Bertz CT molecular complexity index is 474. The second-order valence-corrected chi connectivity index (χ2v) is 4.42. The van der Waals surface area contributed by atoms with E-state index in [1.54, 1.807) is 0 Å². The third-order valence-electron chi connectivity index (χ3n) is 3.33. The number of rotatable bonds is 0. The van der Waals surface area contributed by atoms with Crippen molar-refractivity contribution >= 4 is 0 Å². The lowest BCUT2D eigenvalue weighted by Gasteiger charge is -2.13. The predicted molar refractivity (Wildman–Crippen MR) is 63.7 cm³/mol. The van der Waals surface area contributed by atoms with Crippen molar-refractivity contribution in [1.82, 2.24) is 0 Å². The van der Waals surface area contributed by atoms with Gasteiger partial charge < -0.3 is 0 Å². The molecule has 0 amide bonds. The van der Waals surface area contributed by atoms with Crippen LogP contribution in [0, 0.1) is 6.92 Å². The van der Waals surface area contributed by atoms with Crippen LogP contribution in [0.4, 0.5) is 0 Å². The van der Waals surface area contributed by atoms with Crippen molar-refractivity contribution in [2.45, 2.75) is 12.3 Å². The third kappa shape index (κ3) is 0.992. The maximum absolute atomic E-state index is 4.35. The van der Waals surface area contributed by atoms with Crippen LogP contribution < -0.4 is 0 Å². The van der Waals surface area contributed by atoms with Crippen LogP contribution in [-0.4, -0.2) is 0 Å². The highest BCUT2D eigenvalue weighted by molar-refractivity contribution is 5.81. The zero-order chi connectivity index (χ0) is 10.5. The number of hydrogen-bond acceptors (Lipinski definition) is 0. The van der Waals surface area contributed by atoms with Gasteiger partial charge in [-0.05, 0) is 18.1 Å². The Hall–Kier alpha value is -1.69. The average molecular weight is 193 g/mol. The lowest BCUT2D eigenvalue weighted by molar-refractivity contribution is 0.742. The summed E-state index contributed by atoms with van der Waals surface area (Å²) < 4.78 is 0. The molecular formula is C15H13+. The van der Waals surface area contributed by atoms with Crippen molar-refractivity contribution < 1.29 is 0 Å². The molecule has 0 spiro atoms. The van der Waals surface area contributed by atoms with Crippen LogP contribution in [-0.2, 0) is 5.41 Å².